The average Bonchev–Trinajstić information content (AvgIpc) is 2.65. The van der Waals surface area contributed by atoms with Gasteiger partial charge in [0.05, 0.1) is 13.7 Å². The minimum atomic E-state index is -0.376. The smallest absolute Gasteiger partial charge is 0.200 e. The number of nitrogen functional groups attached to an aromatic ring is 1. The highest BCUT2D eigenvalue weighted by Crippen LogP contribution is 2.18. The Morgan fingerprint density at radius 1 is 1.50 bits per heavy atom. The first-order chi connectivity index (χ1) is 7.70. The fourth-order valence-corrected chi connectivity index (χ4v) is 1.48. The Morgan fingerprint density at radius 3 is 2.88 bits per heavy atom. The van der Waals surface area contributed by atoms with E-state index in [0.29, 0.717) is 12.5 Å². The van der Waals surface area contributed by atoms with Crippen molar-refractivity contribution in [2.24, 2.45) is 0 Å². The summed E-state index contributed by atoms with van der Waals surface area (Å²) in [7, 11) is 1.44. The fourth-order valence-electron chi connectivity index (χ4n) is 1.48. The lowest BCUT2D eigenvalue weighted by molar-refractivity contribution is 0.386. The van der Waals surface area contributed by atoms with Gasteiger partial charge in [-0.1, -0.05) is 6.07 Å². The maximum atomic E-state index is 13.4. The van der Waals surface area contributed by atoms with E-state index >= 15 is 0 Å². The molecule has 0 unspecified atom stereocenters. The lowest BCUT2D eigenvalue weighted by Gasteiger charge is -2.07. The number of methoxy groups -OCH3 is 1. The SMILES string of the molecule is COc1ccc(Cn2ccnc2N)cc1F. The zero-order valence-electron chi connectivity index (χ0n) is 8.85. The Balaban J connectivity index is 2.23. The van der Waals surface area contributed by atoms with Crippen molar-refractivity contribution in [2.75, 3.05) is 12.8 Å². The van der Waals surface area contributed by atoms with Crippen LogP contribution in [0.15, 0.2) is 30.6 Å². The average molecular weight is 221 g/mol. The number of aromatic nitrogens is 2. The van der Waals surface area contributed by atoms with E-state index < -0.39 is 0 Å². The summed E-state index contributed by atoms with van der Waals surface area (Å²) in [5.41, 5.74) is 6.42. The first-order valence-corrected chi connectivity index (χ1v) is 4.79. The quantitative estimate of drug-likeness (QED) is 0.857. The van der Waals surface area contributed by atoms with Gasteiger partial charge in [0.15, 0.2) is 17.5 Å². The molecule has 0 atom stereocenters. The summed E-state index contributed by atoms with van der Waals surface area (Å²) < 4.78 is 20.0. The first kappa shape index (κ1) is 10.5. The Kier molecular flexibility index (Phi) is 2.76. The predicted octanol–water partition coefficient (Wildman–Crippen LogP) is 1.66. The van der Waals surface area contributed by atoms with Crippen LogP contribution in [0.2, 0.25) is 0 Å². The maximum absolute atomic E-state index is 13.4. The van der Waals surface area contributed by atoms with E-state index in [0.717, 1.165) is 5.56 Å². The van der Waals surface area contributed by atoms with E-state index in [1.54, 1.807) is 29.1 Å². The standard InChI is InChI=1S/C11H12FN3O/c1-16-10-3-2-8(6-9(10)12)7-15-5-4-14-11(15)13/h2-6H,7H2,1H3,(H2,13,14). The van der Waals surface area contributed by atoms with Crippen molar-refractivity contribution in [2.45, 2.75) is 6.54 Å². The van der Waals surface area contributed by atoms with E-state index in [4.69, 9.17) is 10.5 Å². The van der Waals surface area contributed by atoms with Gasteiger partial charge in [-0.15, -0.1) is 0 Å². The second-order valence-corrected chi connectivity index (χ2v) is 3.38. The minimum absolute atomic E-state index is 0.238. The van der Waals surface area contributed by atoms with E-state index in [2.05, 4.69) is 4.98 Å². The van der Waals surface area contributed by atoms with Crippen LogP contribution in [0.4, 0.5) is 10.3 Å². The van der Waals surface area contributed by atoms with Crippen molar-refractivity contribution in [3.05, 3.63) is 42.0 Å². The molecule has 0 aliphatic rings. The van der Waals surface area contributed by atoms with Crippen molar-refractivity contribution in [1.82, 2.24) is 9.55 Å². The number of anilines is 1. The van der Waals surface area contributed by atoms with Gasteiger partial charge in [-0.3, -0.25) is 0 Å². The number of benzene rings is 1. The van der Waals surface area contributed by atoms with Gasteiger partial charge in [-0.2, -0.15) is 0 Å². The highest BCUT2D eigenvalue weighted by Gasteiger charge is 2.05. The van der Waals surface area contributed by atoms with Crippen molar-refractivity contribution in [3.8, 4) is 5.75 Å². The Labute approximate surface area is 92.5 Å². The molecule has 0 aliphatic carbocycles. The zero-order valence-corrected chi connectivity index (χ0v) is 8.85. The lowest BCUT2D eigenvalue weighted by Crippen LogP contribution is -2.04. The van der Waals surface area contributed by atoms with Crippen LogP contribution in [-0.4, -0.2) is 16.7 Å². The number of rotatable bonds is 3. The number of hydrogen-bond acceptors (Lipinski definition) is 3. The second kappa shape index (κ2) is 4.22. The minimum Gasteiger partial charge on any atom is -0.494 e. The molecule has 2 rings (SSSR count). The second-order valence-electron chi connectivity index (χ2n) is 3.38. The van der Waals surface area contributed by atoms with Crippen molar-refractivity contribution in [1.29, 1.82) is 0 Å². The van der Waals surface area contributed by atoms with Gasteiger partial charge >= 0.3 is 0 Å². The van der Waals surface area contributed by atoms with Crippen LogP contribution < -0.4 is 10.5 Å². The molecule has 1 heterocycles. The molecule has 16 heavy (non-hydrogen) atoms. The van der Waals surface area contributed by atoms with Gasteiger partial charge in [0.2, 0.25) is 0 Å². The molecule has 84 valence electrons. The number of nitrogens with zero attached hydrogens (tertiary/aromatic N) is 2. The molecule has 0 aliphatic heterocycles. The van der Waals surface area contributed by atoms with E-state index in [9.17, 15) is 4.39 Å². The molecule has 4 nitrogen and oxygen atoms in total. The highest BCUT2D eigenvalue weighted by molar-refractivity contribution is 5.30. The number of nitrogens with two attached hydrogens (primary N) is 1. The largest absolute Gasteiger partial charge is 0.494 e. The van der Waals surface area contributed by atoms with E-state index in [1.165, 1.54) is 13.2 Å². The molecular weight excluding hydrogens is 209 g/mol. The third-order valence-electron chi connectivity index (χ3n) is 2.32. The predicted molar refractivity (Wildman–Crippen MR) is 58.7 cm³/mol. The van der Waals surface area contributed by atoms with Gasteiger partial charge in [0.25, 0.3) is 0 Å². The molecule has 0 bridgehead atoms. The molecule has 2 N–H and O–H groups in total. The van der Waals surface area contributed by atoms with E-state index in [-0.39, 0.29) is 11.6 Å². The summed E-state index contributed by atoms with van der Waals surface area (Å²) in [5, 5.41) is 0. The Hall–Kier alpha value is -2.04. The normalized spacial score (nSPS) is 10.4. The fraction of sp³-hybridized carbons (Fsp3) is 0.182. The van der Waals surface area contributed by atoms with Gasteiger partial charge in [-0.05, 0) is 17.7 Å². The summed E-state index contributed by atoms with van der Waals surface area (Å²) in [6.07, 6.45) is 3.35. The molecule has 0 saturated carbocycles. The molecule has 0 fully saturated rings. The lowest BCUT2D eigenvalue weighted by atomic mass is 10.2. The highest BCUT2D eigenvalue weighted by atomic mass is 19.1. The van der Waals surface area contributed by atoms with Crippen LogP contribution in [0.1, 0.15) is 5.56 Å². The maximum Gasteiger partial charge on any atom is 0.200 e. The summed E-state index contributed by atoms with van der Waals surface area (Å²) in [6, 6.07) is 4.82. The summed E-state index contributed by atoms with van der Waals surface area (Å²) >= 11 is 0. The van der Waals surface area contributed by atoms with E-state index in [1.807, 2.05) is 0 Å². The molecule has 1 aromatic heterocycles. The van der Waals surface area contributed by atoms with Gasteiger partial charge < -0.3 is 15.0 Å². The topological polar surface area (TPSA) is 53.1 Å². The van der Waals surface area contributed by atoms with Crippen LogP contribution in [-0.2, 0) is 6.54 Å². The van der Waals surface area contributed by atoms with Gasteiger partial charge in [-0.25, -0.2) is 9.37 Å². The monoisotopic (exact) mass is 221 g/mol. The van der Waals surface area contributed by atoms with Crippen molar-refractivity contribution in [3.63, 3.8) is 0 Å². The van der Waals surface area contributed by atoms with Crippen LogP contribution in [0.25, 0.3) is 0 Å². The Bertz CT molecular complexity index is 496. The Morgan fingerprint density at radius 2 is 2.31 bits per heavy atom. The number of halogens is 1. The number of hydrogen-bond donors (Lipinski definition) is 1. The first-order valence-electron chi connectivity index (χ1n) is 4.79. The molecule has 0 saturated heterocycles. The molecule has 0 radical (unpaired) electrons. The van der Waals surface area contributed by atoms with Gasteiger partial charge in [0.1, 0.15) is 0 Å². The van der Waals surface area contributed by atoms with Crippen molar-refractivity contribution >= 4 is 5.95 Å². The third kappa shape index (κ3) is 1.98. The van der Waals surface area contributed by atoms with Crippen LogP contribution in [0, 0.1) is 5.82 Å². The molecule has 2 aromatic rings. The zero-order chi connectivity index (χ0) is 11.5. The third-order valence-corrected chi connectivity index (χ3v) is 2.32. The number of ether oxygens (including phenoxy) is 1. The summed E-state index contributed by atoms with van der Waals surface area (Å²) in [4.78, 5) is 3.89. The molecular formula is C11H12FN3O. The van der Waals surface area contributed by atoms with Crippen LogP contribution in [0.5, 0.6) is 5.75 Å². The van der Waals surface area contributed by atoms with Crippen molar-refractivity contribution < 1.29 is 9.13 Å². The molecule has 0 amide bonds. The molecule has 1 aromatic carbocycles. The van der Waals surface area contributed by atoms with Crippen LogP contribution >= 0.6 is 0 Å². The summed E-state index contributed by atoms with van der Waals surface area (Å²) in [5.74, 6) is 0.275. The van der Waals surface area contributed by atoms with Crippen LogP contribution in [0.3, 0.4) is 0 Å². The number of imidazole rings is 1. The molecule has 0 spiro atoms. The van der Waals surface area contributed by atoms with Gasteiger partial charge in [0, 0.05) is 12.4 Å². The molecule has 5 heteroatoms. The summed E-state index contributed by atoms with van der Waals surface area (Å²) in [6.45, 7) is 0.493.